The monoisotopic (exact) mass is 380 g/mol. The Morgan fingerprint density at radius 3 is 2.62 bits per heavy atom. The van der Waals surface area contributed by atoms with E-state index in [-0.39, 0.29) is 11.2 Å². The average molecular weight is 381 g/mol. The first-order chi connectivity index (χ1) is 11.4. The highest BCUT2D eigenvalue weighted by Crippen LogP contribution is 2.30. The summed E-state index contributed by atoms with van der Waals surface area (Å²) in [7, 11) is 0. The first-order valence-electron chi connectivity index (χ1n) is 7.27. The fourth-order valence-corrected chi connectivity index (χ4v) is 4.02. The van der Waals surface area contributed by atoms with Crippen molar-refractivity contribution in [3.63, 3.8) is 0 Å². The normalized spacial score (nSPS) is 11.5. The molecule has 2 heterocycles. The standard InChI is InChI=1S/C16H17FN4S3/c1-16(2,3)13-9-23-15(20-13)19-10-4-5-12(11(17)8-10)24-21-14-18-6-7-22-14/h4-9H,1-3H3,(H,18,21)(H,19,20). The minimum absolute atomic E-state index is 0.00365. The van der Waals surface area contributed by atoms with Crippen LogP contribution in [-0.2, 0) is 5.41 Å². The van der Waals surface area contributed by atoms with Crippen molar-refractivity contribution in [2.24, 2.45) is 0 Å². The van der Waals surface area contributed by atoms with Gasteiger partial charge < -0.3 is 10.0 Å². The van der Waals surface area contributed by atoms with E-state index in [0.717, 1.165) is 16.0 Å². The number of anilines is 3. The van der Waals surface area contributed by atoms with Crippen LogP contribution in [0.5, 0.6) is 0 Å². The zero-order valence-corrected chi connectivity index (χ0v) is 15.9. The molecule has 0 amide bonds. The molecule has 0 radical (unpaired) electrons. The van der Waals surface area contributed by atoms with E-state index in [2.05, 4.69) is 40.8 Å². The quantitative estimate of drug-likeness (QED) is 0.540. The first-order valence-corrected chi connectivity index (χ1v) is 9.84. The molecule has 0 bridgehead atoms. The highest BCUT2D eigenvalue weighted by molar-refractivity contribution is 8.00. The molecule has 3 aromatic rings. The molecule has 2 N–H and O–H groups in total. The second-order valence-electron chi connectivity index (χ2n) is 6.10. The van der Waals surface area contributed by atoms with E-state index in [4.69, 9.17) is 0 Å². The van der Waals surface area contributed by atoms with Crippen LogP contribution in [0.3, 0.4) is 0 Å². The highest BCUT2D eigenvalue weighted by atomic mass is 32.2. The van der Waals surface area contributed by atoms with E-state index < -0.39 is 0 Å². The summed E-state index contributed by atoms with van der Waals surface area (Å²) in [5.41, 5.74) is 1.71. The number of nitrogens with zero attached hydrogens (tertiary/aromatic N) is 2. The van der Waals surface area contributed by atoms with E-state index >= 15 is 0 Å². The molecular weight excluding hydrogens is 363 g/mol. The lowest BCUT2D eigenvalue weighted by atomic mass is 9.93. The third kappa shape index (κ3) is 4.25. The Morgan fingerprint density at radius 1 is 1.17 bits per heavy atom. The molecule has 24 heavy (non-hydrogen) atoms. The van der Waals surface area contributed by atoms with Crippen molar-refractivity contribution in [1.29, 1.82) is 0 Å². The summed E-state index contributed by atoms with van der Waals surface area (Å²) in [6.07, 6.45) is 1.71. The van der Waals surface area contributed by atoms with Gasteiger partial charge in [-0.25, -0.2) is 14.4 Å². The van der Waals surface area contributed by atoms with Gasteiger partial charge in [0.15, 0.2) is 10.3 Å². The van der Waals surface area contributed by atoms with Crippen molar-refractivity contribution >= 4 is 50.6 Å². The number of thiazole rings is 2. The zero-order chi connectivity index (χ0) is 17.2. The van der Waals surface area contributed by atoms with E-state index in [9.17, 15) is 4.39 Å². The summed E-state index contributed by atoms with van der Waals surface area (Å²) in [4.78, 5) is 9.18. The molecule has 0 fully saturated rings. The highest BCUT2D eigenvalue weighted by Gasteiger charge is 2.17. The van der Waals surface area contributed by atoms with Gasteiger partial charge in [0.25, 0.3) is 0 Å². The van der Waals surface area contributed by atoms with Gasteiger partial charge in [-0.05, 0) is 30.1 Å². The Hall–Kier alpha value is -1.64. The van der Waals surface area contributed by atoms with Crippen molar-refractivity contribution < 1.29 is 4.39 Å². The van der Waals surface area contributed by atoms with Crippen LogP contribution >= 0.6 is 34.6 Å². The Kier molecular flexibility index (Phi) is 5.07. The topological polar surface area (TPSA) is 49.8 Å². The summed E-state index contributed by atoms with van der Waals surface area (Å²) in [6, 6.07) is 5.05. The maximum absolute atomic E-state index is 14.2. The van der Waals surface area contributed by atoms with Gasteiger partial charge in [0.2, 0.25) is 0 Å². The number of hydrogen-bond acceptors (Lipinski definition) is 7. The molecule has 2 aromatic heterocycles. The second-order valence-corrected chi connectivity index (χ2v) is 8.70. The van der Waals surface area contributed by atoms with Crippen LogP contribution in [0.1, 0.15) is 26.5 Å². The molecule has 1 aromatic carbocycles. The smallest absolute Gasteiger partial charge is 0.192 e. The Morgan fingerprint density at radius 2 is 2.00 bits per heavy atom. The molecule has 0 aliphatic rings. The summed E-state index contributed by atoms with van der Waals surface area (Å²) in [5, 5.41) is 8.57. The van der Waals surface area contributed by atoms with Crippen LogP contribution in [0.25, 0.3) is 0 Å². The number of aromatic nitrogens is 2. The van der Waals surface area contributed by atoms with Crippen LogP contribution < -0.4 is 10.0 Å². The van der Waals surface area contributed by atoms with E-state index in [1.165, 1.54) is 40.7 Å². The number of hydrogen-bond donors (Lipinski definition) is 2. The predicted octanol–water partition coefficient (Wildman–Crippen LogP) is 5.90. The largest absolute Gasteiger partial charge is 0.331 e. The van der Waals surface area contributed by atoms with Crippen LogP contribution in [0.15, 0.2) is 40.1 Å². The molecule has 8 heteroatoms. The van der Waals surface area contributed by atoms with Crippen molar-refractivity contribution in [2.75, 3.05) is 10.0 Å². The Bertz CT molecular complexity index is 809. The molecule has 0 saturated carbocycles. The Balaban J connectivity index is 1.67. The number of nitrogens with one attached hydrogen (secondary N) is 2. The molecule has 126 valence electrons. The van der Waals surface area contributed by atoms with Gasteiger partial charge in [0, 0.05) is 28.1 Å². The van der Waals surface area contributed by atoms with Crippen molar-refractivity contribution in [2.45, 2.75) is 31.1 Å². The summed E-state index contributed by atoms with van der Waals surface area (Å²) >= 11 is 4.20. The minimum Gasteiger partial charge on any atom is -0.331 e. The molecule has 3 rings (SSSR count). The van der Waals surface area contributed by atoms with Crippen molar-refractivity contribution in [1.82, 2.24) is 9.97 Å². The van der Waals surface area contributed by atoms with Gasteiger partial charge in [0.1, 0.15) is 5.82 Å². The maximum atomic E-state index is 14.2. The van der Waals surface area contributed by atoms with Gasteiger partial charge in [0.05, 0.1) is 10.6 Å². The molecule has 0 unspecified atom stereocenters. The van der Waals surface area contributed by atoms with Crippen LogP contribution in [0, 0.1) is 5.82 Å². The van der Waals surface area contributed by atoms with Gasteiger partial charge in [-0.15, -0.1) is 22.7 Å². The summed E-state index contributed by atoms with van der Waals surface area (Å²) < 4.78 is 17.3. The van der Waals surface area contributed by atoms with Gasteiger partial charge in [-0.1, -0.05) is 20.8 Å². The van der Waals surface area contributed by atoms with Crippen LogP contribution in [0.2, 0.25) is 0 Å². The lowest BCUT2D eigenvalue weighted by Gasteiger charge is -2.14. The van der Waals surface area contributed by atoms with Gasteiger partial charge in [-0.2, -0.15) is 0 Å². The lowest BCUT2D eigenvalue weighted by molar-refractivity contribution is 0.573. The minimum atomic E-state index is -0.290. The molecule has 0 aliphatic carbocycles. The second kappa shape index (κ2) is 7.08. The van der Waals surface area contributed by atoms with E-state index in [1.807, 2.05) is 16.8 Å². The molecule has 0 saturated heterocycles. The zero-order valence-electron chi connectivity index (χ0n) is 13.5. The first kappa shape index (κ1) is 17.2. The molecule has 0 spiro atoms. The fourth-order valence-electron chi connectivity index (χ4n) is 1.83. The molecule has 4 nitrogen and oxygen atoms in total. The fraction of sp³-hybridized carbons (Fsp3) is 0.250. The van der Waals surface area contributed by atoms with E-state index in [1.54, 1.807) is 12.3 Å². The SMILES string of the molecule is CC(C)(C)c1csc(Nc2ccc(SNc3nccs3)c(F)c2)n1. The molecule has 0 atom stereocenters. The Labute approximate surface area is 152 Å². The lowest BCUT2D eigenvalue weighted by Crippen LogP contribution is -2.11. The third-order valence-corrected chi connectivity index (χ3v) is 5.56. The van der Waals surface area contributed by atoms with Crippen LogP contribution in [-0.4, -0.2) is 9.97 Å². The predicted molar refractivity (Wildman–Crippen MR) is 102 cm³/mol. The van der Waals surface area contributed by atoms with Crippen molar-refractivity contribution in [3.8, 4) is 0 Å². The van der Waals surface area contributed by atoms with Gasteiger partial charge >= 0.3 is 0 Å². The number of rotatable bonds is 5. The van der Waals surface area contributed by atoms with Crippen LogP contribution in [0.4, 0.5) is 20.3 Å². The number of halogens is 1. The summed E-state index contributed by atoms with van der Waals surface area (Å²) in [5.74, 6) is -0.290. The van der Waals surface area contributed by atoms with Gasteiger partial charge in [-0.3, -0.25) is 0 Å². The summed E-state index contributed by atoms with van der Waals surface area (Å²) in [6.45, 7) is 6.35. The molecule has 0 aliphatic heterocycles. The third-order valence-electron chi connectivity index (χ3n) is 3.14. The maximum Gasteiger partial charge on any atom is 0.192 e. The number of benzene rings is 1. The van der Waals surface area contributed by atoms with E-state index in [0.29, 0.717) is 10.6 Å². The molecular formula is C16H17FN4S3. The average Bonchev–Trinajstić information content (AvgIpc) is 3.17. The van der Waals surface area contributed by atoms with Crippen molar-refractivity contribution in [3.05, 3.63) is 46.7 Å².